The molecule has 1 aromatic heterocycles. The number of ether oxygens (including phenoxy) is 2. The molecule has 2 saturated heterocycles. The predicted molar refractivity (Wildman–Crippen MR) is 124 cm³/mol. The van der Waals surface area contributed by atoms with Crippen molar-refractivity contribution in [2.75, 3.05) is 36.2 Å². The maximum Gasteiger partial charge on any atom is 0.416 e. The summed E-state index contributed by atoms with van der Waals surface area (Å²) < 4.78 is 54.4. The summed E-state index contributed by atoms with van der Waals surface area (Å²) in [5.41, 5.74) is -0.120. The van der Waals surface area contributed by atoms with Crippen LogP contribution in [0.25, 0.3) is 0 Å². The first-order chi connectivity index (χ1) is 17.7. The molecule has 3 aromatic rings. The van der Waals surface area contributed by atoms with Crippen molar-refractivity contribution in [2.24, 2.45) is 7.05 Å². The number of fused-ring (bicyclic) bond motifs is 1. The van der Waals surface area contributed by atoms with Crippen molar-refractivity contribution in [2.45, 2.75) is 24.6 Å². The minimum Gasteiger partial charge on any atom is -0.447 e. The highest BCUT2D eigenvalue weighted by atomic mass is 19.4. The van der Waals surface area contributed by atoms with Crippen molar-refractivity contribution >= 4 is 23.4 Å². The Labute approximate surface area is 209 Å². The van der Waals surface area contributed by atoms with E-state index in [-0.39, 0.29) is 41.9 Å². The van der Waals surface area contributed by atoms with E-state index < -0.39 is 23.7 Å². The molecule has 3 aliphatic rings. The number of halogens is 3. The molecular weight excluding hydrogens is 491 g/mol. The van der Waals surface area contributed by atoms with Gasteiger partial charge in [0.05, 0.1) is 31.9 Å². The number of rotatable bonds is 5. The summed E-state index contributed by atoms with van der Waals surface area (Å²) in [6.45, 7) is 0.856. The van der Waals surface area contributed by atoms with Crippen molar-refractivity contribution in [3.63, 3.8) is 0 Å². The first-order valence-electron chi connectivity index (χ1n) is 11.7. The molecule has 2 fully saturated rings. The SMILES string of the molecule is Cn1cnnc1CC1(c2cccc(N3Cc4c(cc(N5CCOC5=O)cc4C(F)(F)F)C3=O)c2)COC1. The second-order valence-electron chi connectivity index (χ2n) is 9.53. The van der Waals surface area contributed by atoms with E-state index in [0.717, 1.165) is 22.4 Å². The molecular formula is C25H22F3N5O4. The Bertz CT molecular complexity index is 1420. The lowest BCUT2D eigenvalue weighted by atomic mass is 9.75. The maximum atomic E-state index is 14.1. The molecule has 0 bridgehead atoms. The van der Waals surface area contributed by atoms with Gasteiger partial charge in [0.1, 0.15) is 18.8 Å². The van der Waals surface area contributed by atoms with Crippen LogP contribution in [0.1, 0.15) is 32.9 Å². The van der Waals surface area contributed by atoms with E-state index in [4.69, 9.17) is 9.47 Å². The van der Waals surface area contributed by atoms with Gasteiger partial charge in [-0.25, -0.2) is 4.79 Å². The largest absolute Gasteiger partial charge is 0.447 e. The minimum atomic E-state index is -4.70. The summed E-state index contributed by atoms with van der Waals surface area (Å²) in [5.74, 6) is 0.223. The van der Waals surface area contributed by atoms with Crippen LogP contribution in [0.4, 0.5) is 29.3 Å². The van der Waals surface area contributed by atoms with Crippen LogP contribution < -0.4 is 9.80 Å². The van der Waals surface area contributed by atoms with Gasteiger partial charge in [0.25, 0.3) is 5.91 Å². The number of amides is 2. The number of anilines is 2. The molecule has 37 heavy (non-hydrogen) atoms. The van der Waals surface area contributed by atoms with Gasteiger partial charge in [0, 0.05) is 35.8 Å². The summed E-state index contributed by atoms with van der Waals surface area (Å²) in [5, 5.41) is 8.11. The second kappa shape index (κ2) is 8.30. The number of carbonyl (C=O) groups is 2. The van der Waals surface area contributed by atoms with Gasteiger partial charge in [-0.3, -0.25) is 9.69 Å². The highest BCUT2D eigenvalue weighted by Crippen LogP contribution is 2.43. The summed E-state index contributed by atoms with van der Waals surface area (Å²) in [6.07, 6.45) is -3.26. The number of aromatic nitrogens is 3. The van der Waals surface area contributed by atoms with Gasteiger partial charge in [-0.1, -0.05) is 12.1 Å². The number of hydrogen-bond acceptors (Lipinski definition) is 6. The Hall–Kier alpha value is -3.93. The molecule has 3 aliphatic heterocycles. The highest BCUT2D eigenvalue weighted by Gasteiger charge is 2.44. The molecule has 0 aliphatic carbocycles. The van der Waals surface area contributed by atoms with E-state index in [2.05, 4.69) is 10.2 Å². The van der Waals surface area contributed by atoms with E-state index in [9.17, 15) is 22.8 Å². The Balaban J connectivity index is 1.36. The van der Waals surface area contributed by atoms with Crippen LogP contribution in [-0.4, -0.2) is 53.1 Å². The van der Waals surface area contributed by atoms with Gasteiger partial charge in [-0.05, 0) is 35.4 Å². The lowest BCUT2D eigenvalue weighted by Gasteiger charge is -2.42. The van der Waals surface area contributed by atoms with Crippen LogP contribution in [-0.2, 0) is 41.1 Å². The van der Waals surface area contributed by atoms with Gasteiger partial charge in [-0.15, -0.1) is 10.2 Å². The molecule has 0 N–H and O–H groups in total. The zero-order valence-corrected chi connectivity index (χ0v) is 19.8. The van der Waals surface area contributed by atoms with E-state index in [0.29, 0.717) is 25.3 Å². The van der Waals surface area contributed by atoms with Crippen LogP contribution in [0.15, 0.2) is 42.7 Å². The topological polar surface area (TPSA) is 89.8 Å². The van der Waals surface area contributed by atoms with Crippen LogP contribution in [0.3, 0.4) is 0 Å². The minimum absolute atomic E-state index is 0.00762. The standard InChI is InChI=1S/C25H22F3N5O4/c1-31-14-29-30-21(31)10-24(12-36-13-24)15-3-2-4-16(7-15)33-11-19-18(22(33)34)8-17(9-20(19)25(26,27)28)32-5-6-37-23(32)35/h2-4,7-9,14H,5-6,10-13H2,1H3. The zero-order chi connectivity index (χ0) is 25.9. The van der Waals surface area contributed by atoms with E-state index >= 15 is 0 Å². The second-order valence-corrected chi connectivity index (χ2v) is 9.53. The molecule has 4 heterocycles. The smallest absolute Gasteiger partial charge is 0.416 e. The molecule has 192 valence electrons. The number of cyclic esters (lactones) is 1. The summed E-state index contributed by atoms with van der Waals surface area (Å²) in [6, 6.07) is 9.50. The van der Waals surface area contributed by atoms with Gasteiger partial charge >= 0.3 is 12.3 Å². The lowest BCUT2D eigenvalue weighted by molar-refractivity contribution is -0.138. The Morgan fingerprint density at radius 2 is 1.89 bits per heavy atom. The third-order valence-corrected chi connectivity index (χ3v) is 7.23. The molecule has 0 atom stereocenters. The van der Waals surface area contributed by atoms with Crippen molar-refractivity contribution < 1.29 is 32.2 Å². The molecule has 0 radical (unpaired) electrons. The van der Waals surface area contributed by atoms with Gasteiger partial charge in [0.15, 0.2) is 0 Å². The van der Waals surface area contributed by atoms with E-state index in [1.165, 1.54) is 11.0 Å². The van der Waals surface area contributed by atoms with Gasteiger partial charge in [-0.2, -0.15) is 13.2 Å². The third kappa shape index (κ3) is 3.82. The quantitative estimate of drug-likeness (QED) is 0.519. The monoisotopic (exact) mass is 513 g/mol. The molecule has 2 aromatic carbocycles. The summed E-state index contributed by atoms with van der Waals surface area (Å²) in [4.78, 5) is 27.9. The lowest BCUT2D eigenvalue weighted by Crippen LogP contribution is -2.49. The molecule has 0 unspecified atom stereocenters. The average Bonchev–Trinajstić information content (AvgIpc) is 3.54. The summed E-state index contributed by atoms with van der Waals surface area (Å²) >= 11 is 0. The average molecular weight is 513 g/mol. The van der Waals surface area contributed by atoms with Crippen LogP contribution in [0.2, 0.25) is 0 Å². The van der Waals surface area contributed by atoms with Gasteiger partial charge in [0.2, 0.25) is 0 Å². The van der Waals surface area contributed by atoms with Crippen molar-refractivity contribution in [1.82, 2.24) is 14.8 Å². The molecule has 0 spiro atoms. The number of hydrogen-bond donors (Lipinski definition) is 0. The van der Waals surface area contributed by atoms with Crippen molar-refractivity contribution in [3.8, 4) is 0 Å². The normalized spacial score (nSPS) is 18.7. The molecule has 0 saturated carbocycles. The van der Waals surface area contributed by atoms with E-state index in [1.54, 1.807) is 18.5 Å². The summed E-state index contributed by atoms with van der Waals surface area (Å²) in [7, 11) is 1.85. The number of carbonyl (C=O) groups excluding carboxylic acids is 2. The fourth-order valence-corrected chi connectivity index (χ4v) is 5.13. The number of aryl methyl sites for hydroxylation is 1. The molecule has 12 heteroatoms. The predicted octanol–water partition coefficient (Wildman–Crippen LogP) is 3.46. The van der Waals surface area contributed by atoms with Crippen molar-refractivity contribution in [1.29, 1.82) is 0 Å². The Kier molecular flexibility index (Phi) is 5.26. The number of alkyl halides is 3. The molecule has 2 amide bonds. The Morgan fingerprint density at radius 3 is 2.51 bits per heavy atom. The first-order valence-corrected chi connectivity index (χ1v) is 11.7. The molecule has 9 nitrogen and oxygen atoms in total. The van der Waals surface area contributed by atoms with Crippen LogP contribution >= 0.6 is 0 Å². The number of benzene rings is 2. The Morgan fingerprint density at radius 1 is 1.08 bits per heavy atom. The number of nitrogens with zero attached hydrogens (tertiary/aromatic N) is 5. The zero-order valence-electron chi connectivity index (χ0n) is 19.8. The molecule has 6 rings (SSSR count). The third-order valence-electron chi connectivity index (χ3n) is 7.23. The van der Waals surface area contributed by atoms with Crippen LogP contribution in [0.5, 0.6) is 0 Å². The fraction of sp³-hybridized carbons (Fsp3) is 0.360. The maximum absolute atomic E-state index is 14.1. The van der Waals surface area contributed by atoms with E-state index in [1.807, 2.05) is 23.7 Å². The highest BCUT2D eigenvalue weighted by molar-refractivity contribution is 6.11. The van der Waals surface area contributed by atoms with Crippen LogP contribution in [0, 0.1) is 0 Å². The van der Waals surface area contributed by atoms with Gasteiger partial charge < -0.3 is 18.9 Å². The van der Waals surface area contributed by atoms with Crippen molar-refractivity contribution in [3.05, 3.63) is 70.8 Å². The first kappa shape index (κ1) is 23.5. The fourth-order valence-electron chi connectivity index (χ4n) is 5.13.